The van der Waals surface area contributed by atoms with E-state index in [1.165, 1.54) is 19.3 Å². The highest BCUT2D eigenvalue weighted by Gasteiger charge is 2.46. The minimum Gasteiger partial charge on any atom is -0.444 e. The summed E-state index contributed by atoms with van der Waals surface area (Å²) in [4.78, 5) is 11.8. The van der Waals surface area contributed by atoms with Crippen LogP contribution in [0, 0.1) is 11.8 Å². The van der Waals surface area contributed by atoms with E-state index in [0.29, 0.717) is 0 Å². The smallest absolute Gasteiger partial charge is 0.407 e. The maximum atomic E-state index is 11.8. The van der Waals surface area contributed by atoms with Crippen molar-refractivity contribution in [3.63, 3.8) is 0 Å². The Balaban J connectivity index is 1.45. The van der Waals surface area contributed by atoms with E-state index in [1.54, 1.807) is 0 Å². The van der Waals surface area contributed by atoms with Gasteiger partial charge in [-0.3, -0.25) is 0 Å². The lowest BCUT2D eigenvalue weighted by Crippen LogP contribution is -2.46. The molecule has 1 heterocycles. The number of fused-ring (bicyclic) bond motifs is 1. The van der Waals surface area contributed by atoms with Crippen molar-refractivity contribution in [2.75, 3.05) is 6.61 Å². The molecule has 2 saturated carbocycles. The van der Waals surface area contributed by atoms with Crippen molar-refractivity contribution in [2.45, 2.75) is 83.0 Å². The maximum absolute atomic E-state index is 11.8. The molecule has 1 saturated heterocycles. The molecule has 2 aliphatic carbocycles. The molecule has 0 radical (unpaired) electrons. The van der Waals surface area contributed by atoms with Crippen LogP contribution < -0.4 is 5.32 Å². The van der Waals surface area contributed by atoms with Crippen molar-refractivity contribution in [3.05, 3.63) is 0 Å². The van der Waals surface area contributed by atoms with Crippen molar-refractivity contribution in [3.8, 4) is 0 Å². The first-order chi connectivity index (χ1) is 9.85. The zero-order chi connectivity index (χ0) is 15.1. The quantitative estimate of drug-likeness (QED) is 0.803. The van der Waals surface area contributed by atoms with Gasteiger partial charge in [-0.25, -0.2) is 4.79 Å². The van der Waals surface area contributed by atoms with E-state index in [0.717, 1.165) is 44.1 Å². The van der Waals surface area contributed by atoms with E-state index in [2.05, 4.69) is 5.32 Å². The first-order valence-electron chi connectivity index (χ1n) is 8.49. The maximum Gasteiger partial charge on any atom is 0.407 e. The van der Waals surface area contributed by atoms with E-state index in [1.807, 2.05) is 20.8 Å². The molecule has 3 rings (SSSR count). The Morgan fingerprint density at radius 3 is 2.48 bits per heavy atom. The number of hydrogen-bond donors (Lipinski definition) is 1. The third kappa shape index (κ3) is 3.91. The number of alkyl carbamates (subject to hydrolysis) is 1. The summed E-state index contributed by atoms with van der Waals surface area (Å²) in [5, 5.41) is 3.01. The Hall–Kier alpha value is -0.770. The van der Waals surface area contributed by atoms with Crippen molar-refractivity contribution in [1.82, 2.24) is 5.32 Å². The fourth-order valence-electron chi connectivity index (χ4n) is 3.83. The summed E-state index contributed by atoms with van der Waals surface area (Å²) in [6, 6.07) is 0.242. The number of carbonyl (C=O) groups excluding carboxylic acids is 1. The molecule has 2 atom stereocenters. The van der Waals surface area contributed by atoms with Crippen molar-refractivity contribution in [2.24, 2.45) is 11.8 Å². The van der Waals surface area contributed by atoms with Gasteiger partial charge in [0.25, 0.3) is 0 Å². The Labute approximate surface area is 127 Å². The van der Waals surface area contributed by atoms with Crippen molar-refractivity contribution >= 4 is 6.09 Å². The Morgan fingerprint density at radius 1 is 1.14 bits per heavy atom. The molecule has 4 nitrogen and oxygen atoms in total. The molecule has 0 unspecified atom stereocenters. The fraction of sp³-hybridized carbons (Fsp3) is 0.941. The van der Waals surface area contributed by atoms with Crippen LogP contribution in [0.1, 0.15) is 65.7 Å². The summed E-state index contributed by atoms with van der Waals surface area (Å²) >= 11 is 0. The molecule has 1 aliphatic heterocycles. The molecule has 0 aromatic heterocycles. The average molecular weight is 295 g/mol. The van der Waals surface area contributed by atoms with Gasteiger partial charge in [0.2, 0.25) is 0 Å². The Bertz CT molecular complexity index is 379. The first kappa shape index (κ1) is 15.1. The van der Waals surface area contributed by atoms with Crippen molar-refractivity contribution < 1.29 is 14.3 Å². The van der Waals surface area contributed by atoms with E-state index >= 15 is 0 Å². The molecule has 0 bridgehead atoms. The number of carbonyl (C=O) groups is 1. The molecule has 1 amide bonds. The van der Waals surface area contributed by atoms with Crippen LogP contribution in [-0.4, -0.2) is 29.9 Å². The topological polar surface area (TPSA) is 47.6 Å². The van der Waals surface area contributed by atoms with Gasteiger partial charge in [-0.05, 0) is 77.6 Å². The largest absolute Gasteiger partial charge is 0.444 e. The van der Waals surface area contributed by atoms with E-state index in [9.17, 15) is 4.79 Å². The summed E-state index contributed by atoms with van der Waals surface area (Å²) in [5.74, 6) is 1.80. The van der Waals surface area contributed by atoms with Crippen molar-refractivity contribution in [1.29, 1.82) is 0 Å². The summed E-state index contributed by atoms with van der Waals surface area (Å²) in [6.07, 6.45) is 7.83. The lowest BCUT2D eigenvalue weighted by molar-refractivity contribution is -0.0779. The highest BCUT2D eigenvalue weighted by molar-refractivity contribution is 5.68. The van der Waals surface area contributed by atoms with E-state index in [-0.39, 0.29) is 17.7 Å². The van der Waals surface area contributed by atoms with Gasteiger partial charge in [-0.15, -0.1) is 0 Å². The van der Waals surface area contributed by atoms with Gasteiger partial charge < -0.3 is 14.8 Å². The predicted octanol–water partition coefficient (Wildman–Crippen LogP) is 3.64. The summed E-state index contributed by atoms with van der Waals surface area (Å²) < 4.78 is 11.6. The lowest BCUT2D eigenvalue weighted by atomic mass is 9.79. The zero-order valence-corrected chi connectivity index (χ0v) is 13.6. The SMILES string of the molecule is CC(C)(C)OC(=O)NC1CCC2(CC1)CC[C@H]1C[C@@H]1CO2. The van der Waals surface area contributed by atoms with Gasteiger partial charge in [0, 0.05) is 6.04 Å². The second kappa shape index (κ2) is 5.45. The minimum absolute atomic E-state index is 0.111. The standard InChI is InChI=1S/C17H29NO3/c1-16(2,3)21-15(19)18-14-5-8-17(9-6-14)7-4-12-10-13(12)11-20-17/h12-14H,4-11H2,1-3H3,(H,18,19)/t12-,13+,14?,17?/m0/s1. The minimum atomic E-state index is -0.425. The highest BCUT2D eigenvalue weighted by Crippen LogP contribution is 2.49. The number of nitrogens with one attached hydrogen (secondary N) is 1. The molecule has 4 heteroatoms. The highest BCUT2D eigenvalue weighted by atomic mass is 16.6. The van der Waals surface area contributed by atoms with Gasteiger partial charge in [0.15, 0.2) is 0 Å². The van der Waals surface area contributed by atoms with Crippen LogP contribution in [0.3, 0.4) is 0 Å². The second-order valence-electron chi connectivity index (χ2n) is 8.21. The summed E-state index contributed by atoms with van der Waals surface area (Å²) in [7, 11) is 0. The normalized spacial score (nSPS) is 39.3. The Kier molecular flexibility index (Phi) is 3.93. The van der Waals surface area contributed by atoms with Crippen LogP contribution in [0.5, 0.6) is 0 Å². The van der Waals surface area contributed by atoms with Gasteiger partial charge >= 0.3 is 6.09 Å². The van der Waals surface area contributed by atoms with Crippen LogP contribution in [0.15, 0.2) is 0 Å². The number of ether oxygens (including phenoxy) is 2. The number of rotatable bonds is 1. The second-order valence-corrected chi connectivity index (χ2v) is 8.21. The third-order valence-electron chi connectivity index (χ3n) is 5.26. The third-order valence-corrected chi connectivity index (χ3v) is 5.26. The first-order valence-corrected chi connectivity index (χ1v) is 8.49. The molecule has 0 aromatic rings. The number of hydrogen-bond acceptors (Lipinski definition) is 3. The molecule has 3 aliphatic rings. The van der Waals surface area contributed by atoms with Crippen LogP contribution in [0.4, 0.5) is 4.79 Å². The lowest BCUT2D eigenvalue weighted by Gasteiger charge is -2.40. The van der Waals surface area contributed by atoms with Crippen LogP contribution >= 0.6 is 0 Å². The molecular formula is C17H29NO3. The summed E-state index contributed by atoms with van der Waals surface area (Å²) in [5.41, 5.74) is -0.315. The molecular weight excluding hydrogens is 266 g/mol. The fourth-order valence-corrected chi connectivity index (χ4v) is 3.83. The zero-order valence-electron chi connectivity index (χ0n) is 13.6. The molecule has 21 heavy (non-hydrogen) atoms. The van der Waals surface area contributed by atoms with E-state index in [4.69, 9.17) is 9.47 Å². The molecule has 120 valence electrons. The van der Waals surface area contributed by atoms with Gasteiger partial charge in [0.1, 0.15) is 5.60 Å². The van der Waals surface area contributed by atoms with Gasteiger partial charge in [0.05, 0.1) is 12.2 Å². The molecule has 1 spiro atoms. The summed E-state index contributed by atoms with van der Waals surface area (Å²) in [6.45, 7) is 6.65. The molecule has 3 fully saturated rings. The number of amides is 1. The predicted molar refractivity (Wildman–Crippen MR) is 81.1 cm³/mol. The van der Waals surface area contributed by atoms with Crippen LogP contribution in [0.25, 0.3) is 0 Å². The monoisotopic (exact) mass is 295 g/mol. The average Bonchev–Trinajstić information content (AvgIpc) is 3.13. The molecule has 1 N–H and O–H groups in total. The van der Waals surface area contributed by atoms with Gasteiger partial charge in [-0.2, -0.15) is 0 Å². The van der Waals surface area contributed by atoms with E-state index < -0.39 is 5.60 Å². The Morgan fingerprint density at radius 2 is 1.81 bits per heavy atom. The van der Waals surface area contributed by atoms with Crippen LogP contribution in [-0.2, 0) is 9.47 Å². The van der Waals surface area contributed by atoms with Crippen LogP contribution in [0.2, 0.25) is 0 Å². The molecule has 0 aromatic carbocycles. The van der Waals surface area contributed by atoms with Gasteiger partial charge in [-0.1, -0.05) is 0 Å².